The molecule has 6 heteroatoms. The monoisotopic (exact) mass is 413 g/mol. The van der Waals surface area contributed by atoms with Gasteiger partial charge in [0, 0.05) is 13.0 Å². The van der Waals surface area contributed by atoms with E-state index >= 15 is 0 Å². The highest BCUT2D eigenvalue weighted by Crippen LogP contribution is 2.27. The Morgan fingerprint density at radius 2 is 1.65 bits per heavy atom. The minimum absolute atomic E-state index is 0.261. The summed E-state index contributed by atoms with van der Waals surface area (Å²) in [6.07, 6.45) is 0.0902. The van der Waals surface area contributed by atoms with Crippen LogP contribution in [0.15, 0.2) is 84.0 Å². The van der Waals surface area contributed by atoms with Crippen molar-refractivity contribution in [1.82, 2.24) is 5.32 Å². The molecule has 0 fully saturated rings. The van der Waals surface area contributed by atoms with Gasteiger partial charge in [-0.3, -0.25) is 9.59 Å². The summed E-state index contributed by atoms with van der Waals surface area (Å²) >= 11 is 0. The second-order valence-electron chi connectivity index (χ2n) is 7.41. The summed E-state index contributed by atoms with van der Waals surface area (Å²) in [7, 11) is 0. The molecule has 1 atom stereocenters. The SMILES string of the molecule is Cc1ccc(CNC(=O)c2ccccc2NC(=O)C2=NOC(c3ccccc3)C2)cc1. The fourth-order valence-electron chi connectivity index (χ4n) is 3.33. The third kappa shape index (κ3) is 4.98. The maximum Gasteiger partial charge on any atom is 0.273 e. The first-order chi connectivity index (χ1) is 15.1. The van der Waals surface area contributed by atoms with Crippen molar-refractivity contribution >= 4 is 23.2 Å². The van der Waals surface area contributed by atoms with Crippen LogP contribution in [-0.2, 0) is 16.2 Å². The van der Waals surface area contributed by atoms with Crippen LogP contribution in [0.3, 0.4) is 0 Å². The minimum Gasteiger partial charge on any atom is -0.387 e. The van der Waals surface area contributed by atoms with Gasteiger partial charge in [0.05, 0.1) is 11.3 Å². The number of rotatable bonds is 6. The van der Waals surface area contributed by atoms with Gasteiger partial charge in [-0.25, -0.2) is 0 Å². The molecule has 6 nitrogen and oxygen atoms in total. The van der Waals surface area contributed by atoms with Gasteiger partial charge in [-0.2, -0.15) is 0 Å². The number of hydrogen-bond acceptors (Lipinski definition) is 4. The summed E-state index contributed by atoms with van der Waals surface area (Å²) in [5.41, 5.74) is 4.25. The van der Waals surface area contributed by atoms with Crippen molar-refractivity contribution < 1.29 is 14.4 Å². The Morgan fingerprint density at radius 1 is 0.935 bits per heavy atom. The molecule has 0 saturated heterocycles. The molecule has 0 radical (unpaired) electrons. The Hall–Kier alpha value is -3.93. The number of carbonyl (C=O) groups is 2. The highest BCUT2D eigenvalue weighted by Gasteiger charge is 2.28. The predicted octanol–water partition coefficient (Wildman–Crippen LogP) is 4.38. The number of aryl methyl sites for hydroxylation is 1. The van der Waals surface area contributed by atoms with Crippen molar-refractivity contribution in [2.45, 2.75) is 26.0 Å². The lowest BCUT2D eigenvalue weighted by Gasteiger charge is -2.11. The molecule has 0 saturated carbocycles. The van der Waals surface area contributed by atoms with Gasteiger partial charge in [0.2, 0.25) is 0 Å². The van der Waals surface area contributed by atoms with E-state index in [0.717, 1.165) is 16.7 Å². The first-order valence-electron chi connectivity index (χ1n) is 10.1. The van der Waals surface area contributed by atoms with Gasteiger partial charge in [0.25, 0.3) is 11.8 Å². The number of amides is 2. The van der Waals surface area contributed by atoms with Crippen molar-refractivity contribution in [3.63, 3.8) is 0 Å². The zero-order chi connectivity index (χ0) is 21.6. The molecule has 1 aliphatic heterocycles. The van der Waals surface area contributed by atoms with Gasteiger partial charge >= 0.3 is 0 Å². The van der Waals surface area contributed by atoms with Crippen molar-refractivity contribution in [3.05, 3.63) is 101 Å². The van der Waals surface area contributed by atoms with Crippen LogP contribution in [0, 0.1) is 6.92 Å². The zero-order valence-corrected chi connectivity index (χ0v) is 17.2. The smallest absolute Gasteiger partial charge is 0.273 e. The molecule has 2 amide bonds. The number of para-hydroxylation sites is 1. The molecule has 3 aromatic carbocycles. The lowest BCUT2D eigenvalue weighted by atomic mass is 10.0. The fourth-order valence-corrected chi connectivity index (χ4v) is 3.33. The number of nitrogens with one attached hydrogen (secondary N) is 2. The van der Waals surface area contributed by atoms with Crippen molar-refractivity contribution in [1.29, 1.82) is 0 Å². The van der Waals surface area contributed by atoms with E-state index in [1.807, 2.05) is 61.5 Å². The molecule has 156 valence electrons. The van der Waals surface area contributed by atoms with E-state index in [4.69, 9.17) is 4.84 Å². The van der Waals surface area contributed by atoms with Gasteiger partial charge in [-0.1, -0.05) is 77.4 Å². The van der Waals surface area contributed by atoms with Gasteiger partial charge in [-0.05, 0) is 30.2 Å². The van der Waals surface area contributed by atoms with Crippen LogP contribution in [0.25, 0.3) is 0 Å². The molecule has 4 rings (SSSR count). The van der Waals surface area contributed by atoms with E-state index in [1.165, 1.54) is 0 Å². The highest BCUT2D eigenvalue weighted by atomic mass is 16.6. The summed E-state index contributed by atoms with van der Waals surface area (Å²) in [6.45, 7) is 2.42. The van der Waals surface area contributed by atoms with Crippen molar-refractivity contribution in [2.75, 3.05) is 5.32 Å². The topological polar surface area (TPSA) is 79.8 Å². The molecule has 1 unspecified atom stereocenters. The maximum absolute atomic E-state index is 12.7. The van der Waals surface area contributed by atoms with E-state index in [2.05, 4.69) is 15.8 Å². The third-order valence-corrected chi connectivity index (χ3v) is 5.10. The van der Waals surface area contributed by atoms with Gasteiger partial charge in [0.1, 0.15) is 5.71 Å². The Balaban J connectivity index is 1.39. The number of carbonyl (C=O) groups excluding carboxylic acids is 2. The number of benzene rings is 3. The van der Waals surface area contributed by atoms with Crippen LogP contribution in [0.4, 0.5) is 5.69 Å². The maximum atomic E-state index is 12.7. The molecular formula is C25H23N3O3. The fraction of sp³-hybridized carbons (Fsp3) is 0.160. The zero-order valence-electron chi connectivity index (χ0n) is 17.2. The summed E-state index contributed by atoms with van der Waals surface area (Å²) in [4.78, 5) is 30.9. The Labute approximate surface area is 180 Å². The Kier molecular flexibility index (Phi) is 6.08. The number of oxime groups is 1. The van der Waals surface area contributed by atoms with E-state index < -0.39 is 0 Å². The molecule has 0 bridgehead atoms. The largest absolute Gasteiger partial charge is 0.387 e. The van der Waals surface area contributed by atoms with E-state index in [-0.39, 0.29) is 17.9 Å². The van der Waals surface area contributed by atoms with E-state index in [9.17, 15) is 9.59 Å². The average molecular weight is 413 g/mol. The molecule has 1 heterocycles. The highest BCUT2D eigenvalue weighted by molar-refractivity contribution is 6.43. The lowest BCUT2D eigenvalue weighted by molar-refractivity contribution is -0.110. The quantitative estimate of drug-likeness (QED) is 0.629. The molecule has 1 aliphatic rings. The normalized spacial score (nSPS) is 15.0. The number of anilines is 1. The predicted molar refractivity (Wildman–Crippen MR) is 120 cm³/mol. The Bertz CT molecular complexity index is 1110. The second-order valence-corrected chi connectivity index (χ2v) is 7.41. The first-order valence-corrected chi connectivity index (χ1v) is 10.1. The van der Waals surface area contributed by atoms with Crippen molar-refractivity contribution in [3.8, 4) is 0 Å². The van der Waals surface area contributed by atoms with Crippen LogP contribution in [-0.4, -0.2) is 17.5 Å². The van der Waals surface area contributed by atoms with Gasteiger partial charge in [-0.15, -0.1) is 0 Å². The molecule has 2 N–H and O–H groups in total. The van der Waals surface area contributed by atoms with Crippen LogP contribution < -0.4 is 10.6 Å². The molecule has 31 heavy (non-hydrogen) atoms. The van der Waals surface area contributed by atoms with E-state index in [1.54, 1.807) is 24.3 Å². The molecule has 3 aromatic rings. The Morgan fingerprint density at radius 3 is 2.42 bits per heavy atom. The summed E-state index contributed by atoms with van der Waals surface area (Å²) < 4.78 is 0. The molecule has 0 spiro atoms. The average Bonchev–Trinajstić information content (AvgIpc) is 3.30. The van der Waals surface area contributed by atoms with Crippen LogP contribution in [0.2, 0.25) is 0 Å². The first kappa shape index (κ1) is 20.3. The summed E-state index contributed by atoms with van der Waals surface area (Å²) in [5, 5.41) is 9.65. The third-order valence-electron chi connectivity index (χ3n) is 5.10. The van der Waals surface area contributed by atoms with Gasteiger partial charge in [0.15, 0.2) is 6.10 Å². The van der Waals surface area contributed by atoms with Crippen LogP contribution in [0.5, 0.6) is 0 Å². The second kappa shape index (κ2) is 9.26. The van der Waals surface area contributed by atoms with Crippen molar-refractivity contribution in [2.24, 2.45) is 5.16 Å². The van der Waals surface area contributed by atoms with Crippen LogP contribution >= 0.6 is 0 Å². The summed E-state index contributed by atoms with van der Waals surface area (Å²) in [6, 6.07) is 24.5. The van der Waals surface area contributed by atoms with Gasteiger partial charge < -0.3 is 15.5 Å². The molecule has 0 aromatic heterocycles. The molecule has 0 aliphatic carbocycles. The van der Waals surface area contributed by atoms with E-state index in [0.29, 0.717) is 29.9 Å². The lowest BCUT2D eigenvalue weighted by Crippen LogP contribution is -2.27. The van der Waals surface area contributed by atoms with Crippen LogP contribution in [0.1, 0.15) is 39.6 Å². The minimum atomic E-state index is -0.378. The summed E-state index contributed by atoms with van der Waals surface area (Å²) in [5.74, 6) is -0.638. The molecular weight excluding hydrogens is 390 g/mol. The standard InChI is InChI=1S/C25H23N3O3/c1-17-11-13-18(14-12-17)16-26-24(29)20-9-5-6-10-21(20)27-25(30)22-15-23(31-28-22)19-7-3-2-4-8-19/h2-14,23H,15-16H2,1H3,(H,26,29)(H,27,30). The number of hydrogen-bond donors (Lipinski definition) is 2. The number of nitrogens with zero attached hydrogens (tertiary/aromatic N) is 1.